The molecular weight excluding hydrogens is 552 g/mol. The third-order valence-electron chi connectivity index (χ3n) is 6.10. The molecule has 0 saturated heterocycles. The van der Waals surface area contributed by atoms with Gasteiger partial charge in [0.25, 0.3) is 5.91 Å². The van der Waals surface area contributed by atoms with Gasteiger partial charge in [0, 0.05) is 29.1 Å². The summed E-state index contributed by atoms with van der Waals surface area (Å²) in [5.74, 6) is -1.86. The zero-order valence-electron chi connectivity index (χ0n) is 21.6. The monoisotopic (exact) mass is 575 g/mol. The van der Waals surface area contributed by atoms with E-state index < -0.39 is 29.3 Å². The van der Waals surface area contributed by atoms with E-state index in [1.54, 1.807) is 30.6 Å². The number of carbonyl (C=O) groups is 2. The fraction of sp³-hybridized carbons (Fsp3) is 0.111. The lowest BCUT2D eigenvalue weighted by Gasteiger charge is -2.31. The number of nitrogens with zero attached hydrogens (tertiary/aromatic N) is 5. The standard InChI is InChI=1S/C27H23F2N9O2S/c1-3-41-25(30)37-24(39)15-8-7-14(2)16(11-15)21-17-12-34-27(40)38(22-18(28)5-4-6-19(22)29)23(17)36-26(35-21)33-13-20-31-9-10-32-20/h3-11H,1,12-13H2,2H3,(H,31,32)(H,34,40)(H2,30,37,39)(H,33,35,36). The van der Waals surface area contributed by atoms with Crippen LogP contribution in [0.5, 0.6) is 0 Å². The number of thioether (sulfide) groups is 1. The van der Waals surface area contributed by atoms with Gasteiger partial charge in [-0.05, 0) is 42.2 Å². The second-order valence-corrected chi connectivity index (χ2v) is 9.71. The third-order valence-corrected chi connectivity index (χ3v) is 6.60. The molecule has 0 radical (unpaired) electrons. The van der Waals surface area contributed by atoms with Crippen LogP contribution < -0.4 is 21.3 Å². The summed E-state index contributed by atoms with van der Waals surface area (Å²) in [6.07, 6.45) is 3.23. The van der Waals surface area contributed by atoms with E-state index in [1.165, 1.54) is 11.5 Å². The first kappa shape index (κ1) is 27.5. The minimum absolute atomic E-state index is 0.0227. The Hall–Kier alpha value is -5.11. The molecule has 0 spiro atoms. The van der Waals surface area contributed by atoms with Crippen LogP contribution in [0.1, 0.15) is 27.3 Å². The van der Waals surface area contributed by atoms with Crippen LogP contribution in [0.25, 0.3) is 11.3 Å². The highest BCUT2D eigenvalue weighted by atomic mass is 32.2. The summed E-state index contributed by atoms with van der Waals surface area (Å²) in [7, 11) is 0. The number of H-pyrrole nitrogens is 1. The maximum Gasteiger partial charge on any atom is 0.328 e. The number of nitrogens with two attached hydrogens (primary N) is 1. The minimum atomic E-state index is -0.949. The number of fused-ring (bicyclic) bond motifs is 1. The van der Waals surface area contributed by atoms with E-state index in [-0.39, 0.29) is 35.6 Å². The summed E-state index contributed by atoms with van der Waals surface area (Å²) >= 11 is 1.01. The van der Waals surface area contributed by atoms with Gasteiger partial charge in [-0.25, -0.2) is 28.4 Å². The van der Waals surface area contributed by atoms with E-state index in [4.69, 9.17) is 5.73 Å². The number of hydrogen-bond donors (Lipinski definition) is 4. The summed E-state index contributed by atoms with van der Waals surface area (Å²) in [6, 6.07) is 7.44. The van der Waals surface area contributed by atoms with Crippen LogP contribution in [-0.4, -0.2) is 37.0 Å². The largest absolute Gasteiger partial charge is 0.378 e. The van der Waals surface area contributed by atoms with Gasteiger partial charge in [0.2, 0.25) is 5.95 Å². The second-order valence-electron chi connectivity index (χ2n) is 8.72. The fourth-order valence-corrected chi connectivity index (χ4v) is 4.52. The van der Waals surface area contributed by atoms with Crippen LogP contribution >= 0.6 is 11.8 Å². The zero-order valence-corrected chi connectivity index (χ0v) is 22.4. The van der Waals surface area contributed by atoms with Crippen LogP contribution in [-0.2, 0) is 13.1 Å². The number of aliphatic imine (C=N–C) groups is 1. The van der Waals surface area contributed by atoms with Crippen LogP contribution in [0, 0.1) is 18.6 Å². The molecule has 1 aliphatic heterocycles. The molecule has 1 aliphatic rings. The van der Waals surface area contributed by atoms with Crippen LogP contribution in [0.2, 0.25) is 0 Å². The Morgan fingerprint density at radius 1 is 1.27 bits per heavy atom. The Morgan fingerprint density at radius 2 is 2.05 bits per heavy atom. The number of nitrogens with one attached hydrogen (secondary N) is 3. The molecule has 0 atom stereocenters. The summed E-state index contributed by atoms with van der Waals surface area (Å²) in [4.78, 5) is 46.9. The molecule has 208 valence electrons. The van der Waals surface area contributed by atoms with Gasteiger partial charge in [0.1, 0.15) is 23.1 Å². The smallest absolute Gasteiger partial charge is 0.328 e. The second kappa shape index (κ2) is 11.6. The molecule has 0 saturated carbocycles. The quantitative estimate of drug-likeness (QED) is 0.182. The predicted octanol–water partition coefficient (Wildman–Crippen LogP) is 4.76. The lowest BCUT2D eigenvalue weighted by molar-refractivity contribution is 0.100. The third kappa shape index (κ3) is 5.63. The predicted molar refractivity (Wildman–Crippen MR) is 153 cm³/mol. The molecule has 2 aromatic heterocycles. The van der Waals surface area contributed by atoms with E-state index in [2.05, 4.69) is 42.1 Å². The van der Waals surface area contributed by atoms with Gasteiger partial charge in [-0.15, -0.1) is 0 Å². The van der Waals surface area contributed by atoms with Crippen molar-refractivity contribution in [2.45, 2.75) is 20.0 Å². The summed E-state index contributed by atoms with van der Waals surface area (Å²) < 4.78 is 29.8. The Balaban J connectivity index is 1.68. The maximum absolute atomic E-state index is 14.9. The Labute approximate surface area is 237 Å². The first-order chi connectivity index (χ1) is 19.8. The van der Waals surface area contributed by atoms with Crippen molar-refractivity contribution < 1.29 is 18.4 Å². The molecule has 5 rings (SSSR count). The Bertz CT molecular complexity index is 1670. The van der Waals surface area contributed by atoms with Crippen LogP contribution in [0.3, 0.4) is 0 Å². The summed E-state index contributed by atoms with van der Waals surface area (Å²) in [5, 5.41) is 7.17. The van der Waals surface area contributed by atoms with E-state index in [9.17, 15) is 18.4 Å². The van der Waals surface area contributed by atoms with Gasteiger partial charge in [-0.3, -0.25) is 4.79 Å². The van der Waals surface area contributed by atoms with Gasteiger partial charge >= 0.3 is 6.03 Å². The number of amidine groups is 1. The van der Waals surface area contributed by atoms with Gasteiger partial charge in [0.05, 0.1) is 18.8 Å². The Kier molecular flexibility index (Phi) is 7.74. The molecule has 14 heteroatoms. The molecule has 3 heterocycles. The number of halogens is 2. The molecule has 3 amide bonds. The fourth-order valence-electron chi connectivity index (χ4n) is 4.21. The van der Waals surface area contributed by atoms with E-state index >= 15 is 0 Å². The summed E-state index contributed by atoms with van der Waals surface area (Å²) in [6.45, 7) is 5.53. The van der Waals surface area contributed by atoms with Gasteiger partial charge < -0.3 is 21.4 Å². The SMILES string of the molecule is C=CSC(N)=NC(=O)c1ccc(C)c(-c2nc(NCc3ncc[nH]3)nc3c2CNC(=O)N3c2c(F)cccc2F)c1. The zero-order chi connectivity index (χ0) is 29.1. The number of amides is 3. The van der Waals surface area contributed by atoms with Gasteiger partial charge in [-0.1, -0.05) is 30.5 Å². The number of anilines is 3. The van der Waals surface area contributed by atoms with Crippen molar-refractivity contribution in [2.24, 2.45) is 10.7 Å². The van der Waals surface area contributed by atoms with Crippen molar-refractivity contribution >= 4 is 46.3 Å². The molecule has 2 aromatic carbocycles. The lowest BCUT2D eigenvalue weighted by atomic mass is 9.97. The van der Waals surface area contributed by atoms with Crippen molar-refractivity contribution in [1.29, 1.82) is 0 Å². The first-order valence-corrected chi connectivity index (χ1v) is 13.1. The highest BCUT2D eigenvalue weighted by Crippen LogP contribution is 2.39. The molecule has 41 heavy (non-hydrogen) atoms. The number of rotatable bonds is 7. The van der Waals surface area contributed by atoms with Crippen molar-refractivity contribution in [3.8, 4) is 11.3 Å². The number of imidazole rings is 1. The van der Waals surface area contributed by atoms with Crippen molar-refractivity contribution in [2.75, 3.05) is 10.2 Å². The number of aryl methyl sites for hydroxylation is 1. The number of carbonyl (C=O) groups excluding carboxylic acids is 2. The number of hydrogen-bond acceptors (Lipinski definition) is 7. The van der Waals surface area contributed by atoms with E-state index in [0.717, 1.165) is 34.4 Å². The van der Waals surface area contributed by atoms with Gasteiger partial charge in [0.15, 0.2) is 11.0 Å². The topological polar surface area (TPSA) is 154 Å². The molecule has 0 aliphatic carbocycles. The van der Waals surface area contributed by atoms with Crippen molar-refractivity contribution in [1.82, 2.24) is 25.3 Å². The number of benzene rings is 2. The summed E-state index contributed by atoms with van der Waals surface area (Å²) in [5.41, 5.74) is 7.39. The van der Waals surface area contributed by atoms with Crippen molar-refractivity contribution in [3.63, 3.8) is 0 Å². The first-order valence-electron chi connectivity index (χ1n) is 12.2. The van der Waals surface area contributed by atoms with E-state index in [1.807, 2.05) is 6.92 Å². The highest BCUT2D eigenvalue weighted by Gasteiger charge is 2.34. The Morgan fingerprint density at radius 3 is 2.76 bits per heavy atom. The molecular formula is C27H23F2N9O2S. The lowest BCUT2D eigenvalue weighted by Crippen LogP contribution is -2.43. The average molecular weight is 576 g/mol. The van der Waals surface area contributed by atoms with Crippen molar-refractivity contribution in [3.05, 3.63) is 94.9 Å². The molecule has 11 nitrogen and oxygen atoms in total. The highest BCUT2D eigenvalue weighted by molar-refractivity contribution is 8.16. The molecule has 0 unspecified atom stereocenters. The number of aromatic amines is 1. The van der Waals surface area contributed by atoms with E-state index in [0.29, 0.717) is 22.6 Å². The van der Waals surface area contributed by atoms with Crippen LogP contribution in [0.15, 0.2) is 65.8 Å². The molecule has 0 fully saturated rings. The number of urea groups is 1. The van der Waals surface area contributed by atoms with Gasteiger partial charge in [-0.2, -0.15) is 9.98 Å². The normalized spacial score (nSPS) is 13.0. The van der Waals surface area contributed by atoms with Crippen LogP contribution in [0.4, 0.5) is 31.0 Å². The molecule has 5 N–H and O–H groups in total. The molecule has 0 bridgehead atoms. The number of para-hydroxylation sites is 1. The number of aromatic nitrogens is 4. The maximum atomic E-state index is 14.9. The molecule has 4 aromatic rings. The minimum Gasteiger partial charge on any atom is -0.378 e. The average Bonchev–Trinajstić information content (AvgIpc) is 3.46.